The Labute approximate surface area is 130 Å². The van der Waals surface area contributed by atoms with Crippen LogP contribution < -0.4 is 0 Å². The van der Waals surface area contributed by atoms with Gasteiger partial charge in [0.15, 0.2) is 0 Å². The summed E-state index contributed by atoms with van der Waals surface area (Å²) in [5.74, 6) is 0. The van der Waals surface area contributed by atoms with Crippen LogP contribution in [0.3, 0.4) is 0 Å². The predicted molar refractivity (Wildman–Crippen MR) is 89.7 cm³/mol. The summed E-state index contributed by atoms with van der Waals surface area (Å²) in [6.07, 6.45) is 21.9. The topological polar surface area (TPSA) is 0 Å². The molecule has 0 bridgehead atoms. The first-order chi connectivity index (χ1) is 10.3. The summed E-state index contributed by atoms with van der Waals surface area (Å²) < 4.78 is 23.5. The van der Waals surface area contributed by atoms with Gasteiger partial charge in [0.2, 0.25) is 0 Å². The van der Waals surface area contributed by atoms with Crippen molar-refractivity contribution < 1.29 is 8.78 Å². The van der Waals surface area contributed by atoms with Gasteiger partial charge in [-0.3, -0.25) is 0 Å². The number of hydrogen-bond donors (Lipinski definition) is 0. The average Bonchev–Trinajstić information content (AvgIpc) is 2.46. The molecule has 0 amide bonds. The largest absolute Gasteiger partial charge is 0.266 e. The molecule has 0 heterocycles. The Morgan fingerprint density at radius 2 is 1.19 bits per heavy atom. The Bertz CT molecular complexity index is 286. The standard InChI is InChI=1S/C19H32F2/c1-2-3-4-5-6-7-8-9-10-11-12-13-14-15-16-17-18-19(20)21/h6-7,9-10,18H,2-5,8,11-17H2,1H3. The van der Waals surface area contributed by atoms with E-state index in [-0.39, 0.29) is 0 Å². The monoisotopic (exact) mass is 298 g/mol. The molecule has 0 aromatic rings. The molecular formula is C19H32F2. The van der Waals surface area contributed by atoms with Gasteiger partial charge >= 0.3 is 0 Å². The van der Waals surface area contributed by atoms with E-state index in [0.717, 1.165) is 38.2 Å². The van der Waals surface area contributed by atoms with Crippen molar-refractivity contribution in [1.29, 1.82) is 0 Å². The van der Waals surface area contributed by atoms with Crippen LogP contribution in [0.2, 0.25) is 0 Å². The highest BCUT2D eigenvalue weighted by Crippen LogP contribution is 2.10. The Hall–Kier alpha value is -0.920. The molecule has 0 rings (SSSR count). The van der Waals surface area contributed by atoms with Gasteiger partial charge in [0.25, 0.3) is 6.08 Å². The van der Waals surface area contributed by atoms with E-state index in [0.29, 0.717) is 6.42 Å². The third kappa shape index (κ3) is 19.1. The van der Waals surface area contributed by atoms with Crippen LogP contribution >= 0.6 is 0 Å². The van der Waals surface area contributed by atoms with Crippen molar-refractivity contribution in [1.82, 2.24) is 0 Å². The SMILES string of the molecule is CCCCCC=CCC=CCCCCCCCC=C(F)F. The van der Waals surface area contributed by atoms with Gasteiger partial charge in [0, 0.05) is 0 Å². The van der Waals surface area contributed by atoms with Crippen molar-refractivity contribution in [3.05, 3.63) is 36.5 Å². The summed E-state index contributed by atoms with van der Waals surface area (Å²) in [5, 5.41) is 0. The Morgan fingerprint density at radius 3 is 1.76 bits per heavy atom. The average molecular weight is 298 g/mol. The van der Waals surface area contributed by atoms with E-state index in [1.54, 1.807) is 0 Å². The number of allylic oxidation sites excluding steroid dienone is 5. The summed E-state index contributed by atoms with van der Waals surface area (Å²) in [6, 6.07) is 0. The lowest BCUT2D eigenvalue weighted by Crippen LogP contribution is -1.78. The maximum atomic E-state index is 11.8. The van der Waals surface area contributed by atoms with E-state index < -0.39 is 6.08 Å². The Morgan fingerprint density at radius 1 is 0.667 bits per heavy atom. The lowest BCUT2D eigenvalue weighted by atomic mass is 10.1. The van der Waals surface area contributed by atoms with Crippen molar-refractivity contribution in [3.8, 4) is 0 Å². The minimum atomic E-state index is -1.54. The van der Waals surface area contributed by atoms with Gasteiger partial charge in [-0.25, -0.2) is 0 Å². The fourth-order valence-corrected chi connectivity index (χ4v) is 2.17. The minimum absolute atomic E-state index is 0.521. The number of halogens is 2. The quantitative estimate of drug-likeness (QED) is 0.229. The molecule has 0 aliphatic heterocycles. The second-order valence-electron chi connectivity index (χ2n) is 5.51. The predicted octanol–water partition coefficient (Wildman–Crippen LogP) is 7.58. The summed E-state index contributed by atoms with van der Waals surface area (Å²) >= 11 is 0. The van der Waals surface area contributed by atoms with Gasteiger partial charge in [-0.15, -0.1) is 0 Å². The molecule has 0 saturated heterocycles. The van der Waals surface area contributed by atoms with E-state index in [1.807, 2.05) is 0 Å². The zero-order chi connectivity index (χ0) is 15.6. The maximum absolute atomic E-state index is 11.8. The van der Waals surface area contributed by atoms with Crippen LogP contribution in [0.4, 0.5) is 8.78 Å². The molecule has 0 aliphatic rings. The molecule has 0 fully saturated rings. The first-order valence-corrected chi connectivity index (χ1v) is 8.58. The molecule has 0 saturated carbocycles. The summed E-state index contributed by atoms with van der Waals surface area (Å²) in [6.45, 7) is 2.23. The lowest BCUT2D eigenvalue weighted by molar-refractivity contribution is 0.416. The van der Waals surface area contributed by atoms with E-state index in [1.165, 1.54) is 38.5 Å². The minimum Gasteiger partial charge on any atom is -0.174 e. The third-order valence-corrected chi connectivity index (χ3v) is 3.45. The second-order valence-corrected chi connectivity index (χ2v) is 5.51. The van der Waals surface area contributed by atoms with Crippen molar-refractivity contribution in [2.45, 2.75) is 84.0 Å². The normalized spacial score (nSPS) is 11.6. The van der Waals surface area contributed by atoms with E-state index >= 15 is 0 Å². The molecule has 0 radical (unpaired) electrons. The zero-order valence-electron chi connectivity index (χ0n) is 13.6. The van der Waals surface area contributed by atoms with Gasteiger partial charge in [-0.2, -0.15) is 8.78 Å². The van der Waals surface area contributed by atoms with Crippen LogP contribution in [0.15, 0.2) is 36.5 Å². The molecule has 0 nitrogen and oxygen atoms in total. The molecule has 0 aliphatic carbocycles. The van der Waals surface area contributed by atoms with E-state index in [4.69, 9.17) is 0 Å². The highest BCUT2D eigenvalue weighted by Gasteiger charge is 1.91. The Kier molecular flexibility index (Phi) is 16.4. The molecule has 2 heteroatoms. The van der Waals surface area contributed by atoms with Crippen molar-refractivity contribution in [2.24, 2.45) is 0 Å². The lowest BCUT2D eigenvalue weighted by Gasteiger charge is -1.97. The molecule has 0 aromatic carbocycles. The van der Waals surface area contributed by atoms with Gasteiger partial charge in [0.1, 0.15) is 0 Å². The number of hydrogen-bond acceptors (Lipinski definition) is 0. The summed E-state index contributed by atoms with van der Waals surface area (Å²) in [5.41, 5.74) is 0. The van der Waals surface area contributed by atoms with E-state index in [2.05, 4.69) is 31.2 Å². The van der Waals surface area contributed by atoms with Gasteiger partial charge < -0.3 is 0 Å². The maximum Gasteiger partial charge on any atom is 0.266 e. The smallest absolute Gasteiger partial charge is 0.174 e. The summed E-state index contributed by atoms with van der Waals surface area (Å²) in [4.78, 5) is 0. The summed E-state index contributed by atoms with van der Waals surface area (Å²) in [7, 11) is 0. The second kappa shape index (κ2) is 17.1. The first kappa shape index (κ1) is 20.1. The molecule has 0 atom stereocenters. The van der Waals surface area contributed by atoms with Crippen LogP contribution in [0.25, 0.3) is 0 Å². The first-order valence-electron chi connectivity index (χ1n) is 8.58. The zero-order valence-corrected chi connectivity index (χ0v) is 13.6. The van der Waals surface area contributed by atoms with Crippen molar-refractivity contribution >= 4 is 0 Å². The molecule has 0 unspecified atom stereocenters. The fraction of sp³-hybridized carbons (Fsp3) is 0.684. The molecule has 122 valence electrons. The third-order valence-electron chi connectivity index (χ3n) is 3.45. The highest BCUT2D eigenvalue weighted by atomic mass is 19.3. The molecule has 0 spiro atoms. The molecule has 0 aromatic heterocycles. The van der Waals surface area contributed by atoms with Gasteiger partial charge in [0.05, 0.1) is 0 Å². The molecular weight excluding hydrogens is 266 g/mol. The van der Waals surface area contributed by atoms with Gasteiger partial charge in [-0.1, -0.05) is 63.3 Å². The number of rotatable bonds is 14. The fourth-order valence-electron chi connectivity index (χ4n) is 2.17. The van der Waals surface area contributed by atoms with Crippen LogP contribution in [-0.2, 0) is 0 Å². The van der Waals surface area contributed by atoms with Crippen LogP contribution in [0.1, 0.15) is 84.0 Å². The van der Waals surface area contributed by atoms with Crippen LogP contribution in [0, 0.1) is 0 Å². The van der Waals surface area contributed by atoms with Crippen LogP contribution in [0.5, 0.6) is 0 Å². The van der Waals surface area contributed by atoms with Crippen molar-refractivity contribution in [3.63, 3.8) is 0 Å². The van der Waals surface area contributed by atoms with Gasteiger partial charge in [-0.05, 0) is 51.0 Å². The van der Waals surface area contributed by atoms with Crippen molar-refractivity contribution in [2.75, 3.05) is 0 Å². The molecule has 21 heavy (non-hydrogen) atoms. The van der Waals surface area contributed by atoms with Crippen LogP contribution in [-0.4, -0.2) is 0 Å². The Balaban J connectivity index is 3.20. The van der Waals surface area contributed by atoms with E-state index in [9.17, 15) is 8.78 Å². The number of unbranched alkanes of at least 4 members (excludes halogenated alkanes) is 9. The highest BCUT2D eigenvalue weighted by molar-refractivity contribution is 4.92. The molecule has 0 N–H and O–H groups in total.